The quantitative estimate of drug-likeness (QED) is 0.549. The zero-order valence-corrected chi connectivity index (χ0v) is 13.4. The molecule has 0 radical (unpaired) electrons. The summed E-state index contributed by atoms with van der Waals surface area (Å²) in [6.07, 6.45) is 0. The van der Waals surface area contributed by atoms with Gasteiger partial charge in [-0.05, 0) is 29.8 Å². The Hall–Kier alpha value is -2.45. The summed E-state index contributed by atoms with van der Waals surface area (Å²) in [6.45, 7) is 0.585. The van der Waals surface area contributed by atoms with Gasteiger partial charge in [0.1, 0.15) is 19.0 Å². The summed E-state index contributed by atoms with van der Waals surface area (Å²) in [5, 5.41) is 8.73. The molecule has 0 bridgehead atoms. The lowest BCUT2D eigenvalue weighted by Crippen LogP contribution is -2.13. The summed E-state index contributed by atoms with van der Waals surface area (Å²) in [4.78, 5) is 11.6. The Kier molecular flexibility index (Phi) is 7.02. The van der Waals surface area contributed by atoms with Crippen LogP contribution in [0.5, 0.6) is 5.75 Å². The van der Waals surface area contributed by atoms with Gasteiger partial charge in [-0.2, -0.15) is 5.26 Å². The Balaban J connectivity index is 1.57. The lowest BCUT2D eigenvalue weighted by atomic mass is 10.2. The number of ether oxygens (including phenoxy) is 2. The molecule has 0 atom stereocenters. The summed E-state index contributed by atoms with van der Waals surface area (Å²) >= 11 is 1.48. The maximum absolute atomic E-state index is 11.6. The Morgan fingerprint density at radius 2 is 1.78 bits per heavy atom. The summed E-state index contributed by atoms with van der Waals surface area (Å²) in [5.41, 5.74) is 1.71. The van der Waals surface area contributed by atoms with Gasteiger partial charge in [-0.15, -0.1) is 11.8 Å². The van der Waals surface area contributed by atoms with Crippen LogP contribution < -0.4 is 4.74 Å². The van der Waals surface area contributed by atoms with E-state index in [4.69, 9.17) is 14.7 Å². The topological polar surface area (TPSA) is 59.3 Å². The number of hydrogen-bond acceptors (Lipinski definition) is 5. The van der Waals surface area contributed by atoms with E-state index in [9.17, 15) is 4.79 Å². The molecular formula is C18H17NO3S. The average molecular weight is 327 g/mol. The highest BCUT2D eigenvalue weighted by Crippen LogP contribution is 2.13. The minimum Gasteiger partial charge on any atom is -0.490 e. The molecule has 0 saturated heterocycles. The van der Waals surface area contributed by atoms with Crippen molar-refractivity contribution < 1.29 is 14.3 Å². The molecule has 4 nitrogen and oxygen atoms in total. The first-order valence-corrected chi connectivity index (χ1v) is 8.33. The summed E-state index contributed by atoms with van der Waals surface area (Å²) in [5.74, 6) is 1.52. The zero-order chi connectivity index (χ0) is 16.3. The molecule has 0 saturated carbocycles. The predicted octanol–water partition coefficient (Wildman–Crippen LogP) is 3.41. The van der Waals surface area contributed by atoms with Gasteiger partial charge < -0.3 is 9.47 Å². The molecule has 0 amide bonds. The van der Waals surface area contributed by atoms with Gasteiger partial charge in [-0.1, -0.05) is 30.3 Å². The van der Waals surface area contributed by atoms with Crippen molar-refractivity contribution in [2.75, 3.05) is 19.0 Å². The van der Waals surface area contributed by atoms with Crippen molar-refractivity contribution in [1.29, 1.82) is 5.26 Å². The van der Waals surface area contributed by atoms with E-state index in [-0.39, 0.29) is 12.6 Å². The number of carbonyl (C=O) groups is 1. The Labute approximate surface area is 140 Å². The van der Waals surface area contributed by atoms with Crippen molar-refractivity contribution in [3.8, 4) is 11.8 Å². The van der Waals surface area contributed by atoms with Gasteiger partial charge in [-0.3, -0.25) is 4.79 Å². The molecule has 2 aromatic rings. The number of para-hydroxylation sites is 1. The molecule has 0 aliphatic heterocycles. The molecule has 23 heavy (non-hydrogen) atoms. The molecule has 118 valence electrons. The highest BCUT2D eigenvalue weighted by atomic mass is 32.2. The summed E-state index contributed by atoms with van der Waals surface area (Å²) in [7, 11) is 0. The van der Waals surface area contributed by atoms with Crippen LogP contribution in [0.4, 0.5) is 0 Å². The average Bonchev–Trinajstić information content (AvgIpc) is 2.60. The molecule has 0 spiro atoms. The van der Waals surface area contributed by atoms with Crippen LogP contribution >= 0.6 is 11.8 Å². The molecule has 0 aliphatic rings. The van der Waals surface area contributed by atoms with Gasteiger partial charge in [0.2, 0.25) is 0 Å². The number of hydrogen-bond donors (Lipinski definition) is 0. The van der Waals surface area contributed by atoms with Crippen molar-refractivity contribution in [3.63, 3.8) is 0 Å². The fraction of sp³-hybridized carbons (Fsp3) is 0.222. The van der Waals surface area contributed by atoms with E-state index in [1.807, 2.05) is 42.5 Å². The SMILES string of the molecule is N#Cc1ccc(CSCC(=O)OCCOc2ccccc2)cc1. The molecule has 0 aromatic heterocycles. The van der Waals surface area contributed by atoms with E-state index in [1.165, 1.54) is 11.8 Å². The largest absolute Gasteiger partial charge is 0.490 e. The minimum atomic E-state index is -0.250. The Bertz CT molecular complexity index is 650. The van der Waals surface area contributed by atoms with Gasteiger partial charge in [0.05, 0.1) is 17.4 Å². The minimum absolute atomic E-state index is 0.241. The second-order valence-electron chi connectivity index (χ2n) is 4.68. The molecule has 2 aromatic carbocycles. The van der Waals surface area contributed by atoms with Crippen LogP contribution in [0.25, 0.3) is 0 Å². The van der Waals surface area contributed by atoms with Crippen LogP contribution in [0.15, 0.2) is 54.6 Å². The predicted molar refractivity (Wildman–Crippen MR) is 90.2 cm³/mol. The molecule has 0 aliphatic carbocycles. The number of esters is 1. The summed E-state index contributed by atoms with van der Waals surface area (Å²) < 4.78 is 10.6. The second kappa shape index (κ2) is 9.54. The van der Waals surface area contributed by atoms with E-state index < -0.39 is 0 Å². The fourth-order valence-electron chi connectivity index (χ4n) is 1.80. The molecule has 0 N–H and O–H groups in total. The maximum Gasteiger partial charge on any atom is 0.316 e. The molecule has 5 heteroatoms. The van der Waals surface area contributed by atoms with E-state index in [1.54, 1.807) is 12.1 Å². The van der Waals surface area contributed by atoms with E-state index >= 15 is 0 Å². The van der Waals surface area contributed by atoms with Crippen LogP contribution in [0.1, 0.15) is 11.1 Å². The van der Waals surface area contributed by atoms with E-state index in [0.29, 0.717) is 23.7 Å². The molecule has 2 rings (SSSR count). The zero-order valence-electron chi connectivity index (χ0n) is 12.6. The monoisotopic (exact) mass is 327 g/mol. The van der Waals surface area contributed by atoms with Crippen LogP contribution in [-0.4, -0.2) is 24.9 Å². The van der Waals surface area contributed by atoms with Crippen LogP contribution in [0, 0.1) is 11.3 Å². The van der Waals surface area contributed by atoms with Crippen molar-refractivity contribution in [1.82, 2.24) is 0 Å². The normalized spacial score (nSPS) is 9.87. The number of rotatable bonds is 8. The van der Waals surface area contributed by atoms with Gasteiger partial charge >= 0.3 is 5.97 Å². The lowest BCUT2D eigenvalue weighted by Gasteiger charge is -2.07. The number of thioether (sulfide) groups is 1. The smallest absolute Gasteiger partial charge is 0.316 e. The first kappa shape index (κ1) is 16.9. The molecule has 0 unspecified atom stereocenters. The van der Waals surface area contributed by atoms with Crippen LogP contribution in [0.2, 0.25) is 0 Å². The first-order chi connectivity index (χ1) is 11.3. The third-order valence-electron chi connectivity index (χ3n) is 2.93. The maximum atomic E-state index is 11.6. The van der Waals surface area contributed by atoms with Gasteiger partial charge in [-0.25, -0.2) is 0 Å². The van der Waals surface area contributed by atoms with E-state index in [2.05, 4.69) is 6.07 Å². The Morgan fingerprint density at radius 3 is 2.48 bits per heavy atom. The molecule has 0 fully saturated rings. The number of nitrogens with zero attached hydrogens (tertiary/aromatic N) is 1. The van der Waals surface area contributed by atoms with Gasteiger partial charge in [0.25, 0.3) is 0 Å². The lowest BCUT2D eigenvalue weighted by molar-refractivity contribution is -0.141. The highest BCUT2D eigenvalue weighted by Gasteiger charge is 2.04. The van der Waals surface area contributed by atoms with Crippen molar-refractivity contribution in [2.24, 2.45) is 0 Å². The Morgan fingerprint density at radius 1 is 1.04 bits per heavy atom. The van der Waals surface area contributed by atoms with E-state index in [0.717, 1.165) is 11.3 Å². The van der Waals surface area contributed by atoms with Gasteiger partial charge in [0, 0.05) is 5.75 Å². The van der Waals surface area contributed by atoms with Crippen LogP contribution in [-0.2, 0) is 15.3 Å². The van der Waals surface area contributed by atoms with Crippen molar-refractivity contribution >= 4 is 17.7 Å². The molecule has 0 heterocycles. The number of benzene rings is 2. The van der Waals surface area contributed by atoms with Crippen LogP contribution in [0.3, 0.4) is 0 Å². The van der Waals surface area contributed by atoms with Gasteiger partial charge in [0.15, 0.2) is 0 Å². The van der Waals surface area contributed by atoms with Crippen molar-refractivity contribution in [3.05, 3.63) is 65.7 Å². The number of carbonyl (C=O) groups excluding carboxylic acids is 1. The molecular weight excluding hydrogens is 310 g/mol. The third-order valence-corrected chi connectivity index (χ3v) is 3.91. The van der Waals surface area contributed by atoms with Crippen molar-refractivity contribution in [2.45, 2.75) is 5.75 Å². The fourth-order valence-corrected chi connectivity index (χ4v) is 2.58. The standard InChI is InChI=1S/C18H17NO3S/c19-12-15-6-8-16(9-7-15)13-23-14-18(20)22-11-10-21-17-4-2-1-3-5-17/h1-9H,10-11,13-14H2. The third kappa shape index (κ3) is 6.45. The number of nitriles is 1. The second-order valence-corrected chi connectivity index (χ2v) is 5.67. The first-order valence-electron chi connectivity index (χ1n) is 7.18. The summed E-state index contributed by atoms with van der Waals surface area (Å²) in [6, 6.07) is 18.8. The highest BCUT2D eigenvalue weighted by molar-refractivity contribution is 7.99.